The summed E-state index contributed by atoms with van der Waals surface area (Å²) in [6, 6.07) is 0. The number of amides is 1. The number of aromatic nitrogens is 4. The third-order valence-corrected chi connectivity index (χ3v) is 5.09. The summed E-state index contributed by atoms with van der Waals surface area (Å²) in [5.74, 6) is -0.331. The summed E-state index contributed by atoms with van der Waals surface area (Å²) in [5, 5.41) is 6.97. The maximum atomic E-state index is 12.7. The Morgan fingerprint density at radius 3 is 2.96 bits per heavy atom. The van der Waals surface area contributed by atoms with Gasteiger partial charge in [0.15, 0.2) is 10.8 Å². The number of hydrogen-bond acceptors (Lipinski definition) is 5. The fraction of sp³-hybridized carbons (Fsp3) is 0.571. The highest BCUT2D eigenvalue weighted by Crippen LogP contribution is 2.32. The summed E-state index contributed by atoms with van der Waals surface area (Å²) >= 11 is 1.18. The Bertz CT molecular complexity index is 713. The lowest BCUT2D eigenvalue weighted by atomic mass is 9.94. The molecule has 1 atom stereocenters. The van der Waals surface area contributed by atoms with Crippen molar-refractivity contribution < 1.29 is 18.0 Å². The first kappa shape index (κ1) is 16.9. The molecule has 1 amide bonds. The van der Waals surface area contributed by atoms with Gasteiger partial charge in [0.05, 0.1) is 5.69 Å². The number of likely N-dealkylation sites (tertiary alicyclic amines) is 1. The molecule has 1 N–H and O–H groups in total. The molecule has 6 nitrogen and oxygen atoms in total. The van der Waals surface area contributed by atoms with E-state index in [1.165, 1.54) is 22.6 Å². The van der Waals surface area contributed by atoms with Gasteiger partial charge in [-0.15, -0.1) is 11.3 Å². The molecule has 2 aromatic heterocycles. The molecule has 0 spiro atoms. The number of thiazole rings is 1. The predicted octanol–water partition coefficient (Wildman–Crippen LogP) is 3.04. The van der Waals surface area contributed by atoms with Crippen LogP contribution in [0.15, 0.2) is 6.33 Å². The van der Waals surface area contributed by atoms with E-state index in [1.807, 2.05) is 0 Å². The molecule has 1 saturated heterocycles. The molecule has 1 aliphatic heterocycles. The molecule has 3 heterocycles. The maximum absolute atomic E-state index is 12.7. The van der Waals surface area contributed by atoms with Crippen molar-refractivity contribution in [2.24, 2.45) is 5.92 Å². The van der Waals surface area contributed by atoms with Crippen LogP contribution < -0.4 is 0 Å². The molecule has 1 unspecified atom stereocenters. The third kappa shape index (κ3) is 3.74. The Hall–Kier alpha value is -1.97. The van der Waals surface area contributed by atoms with Crippen molar-refractivity contribution in [3.63, 3.8) is 0 Å². The largest absolute Gasteiger partial charge is 0.389 e. The molecule has 24 heavy (non-hydrogen) atoms. The monoisotopic (exact) mass is 359 g/mol. The average Bonchev–Trinajstić information content (AvgIpc) is 3.14. The first-order valence-electron chi connectivity index (χ1n) is 7.52. The quantitative estimate of drug-likeness (QED) is 0.914. The average molecular weight is 359 g/mol. The first-order chi connectivity index (χ1) is 11.3. The van der Waals surface area contributed by atoms with E-state index in [4.69, 9.17) is 0 Å². The number of nitrogens with one attached hydrogen (secondary N) is 1. The van der Waals surface area contributed by atoms with Crippen LogP contribution in [0.25, 0.3) is 10.8 Å². The predicted molar refractivity (Wildman–Crippen MR) is 81.5 cm³/mol. The van der Waals surface area contributed by atoms with Crippen LogP contribution in [-0.4, -0.2) is 50.2 Å². The van der Waals surface area contributed by atoms with Gasteiger partial charge in [-0.25, -0.2) is 9.97 Å². The second-order valence-corrected chi connectivity index (χ2v) is 6.85. The van der Waals surface area contributed by atoms with E-state index in [-0.39, 0.29) is 12.5 Å². The smallest absolute Gasteiger partial charge is 0.338 e. The van der Waals surface area contributed by atoms with E-state index in [0.29, 0.717) is 40.8 Å². The van der Waals surface area contributed by atoms with E-state index < -0.39 is 18.5 Å². The summed E-state index contributed by atoms with van der Waals surface area (Å²) in [7, 11) is 0. The summed E-state index contributed by atoms with van der Waals surface area (Å²) in [5.41, 5.74) is 0.550. The topological polar surface area (TPSA) is 74.8 Å². The summed E-state index contributed by atoms with van der Waals surface area (Å²) < 4.78 is 37.8. The zero-order valence-electron chi connectivity index (χ0n) is 12.9. The molecule has 0 aromatic carbocycles. The molecule has 1 aliphatic rings. The van der Waals surface area contributed by atoms with Crippen molar-refractivity contribution in [3.05, 3.63) is 16.9 Å². The summed E-state index contributed by atoms with van der Waals surface area (Å²) in [6.07, 6.45) is -2.62. The van der Waals surface area contributed by atoms with E-state index in [0.717, 1.165) is 0 Å². The zero-order valence-corrected chi connectivity index (χ0v) is 13.7. The van der Waals surface area contributed by atoms with Crippen molar-refractivity contribution in [3.8, 4) is 10.8 Å². The lowest BCUT2D eigenvalue weighted by molar-refractivity contribution is -0.147. The summed E-state index contributed by atoms with van der Waals surface area (Å²) in [4.78, 5) is 22.9. The van der Waals surface area contributed by atoms with Crippen molar-refractivity contribution in [1.29, 1.82) is 0 Å². The Balaban J connectivity index is 1.74. The molecule has 130 valence electrons. The van der Waals surface area contributed by atoms with Gasteiger partial charge < -0.3 is 4.90 Å². The number of piperidine rings is 1. The van der Waals surface area contributed by atoms with E-state index in [2.05, 4.69) is 20.2 Å². The van der Waals surface area contributed by atoms with E-state index in [9.17, 15) is 18.0 Å². The molecule has 3 rings (SSSR count). The standard InChI is InChI=1S/C14H16F3N5OS/c1-8-10(24-12(20-8)11-18-7-19-21-11)13(23)22-4-2-3-9(6-22)5-14(15,16)17/h7,9H,2-6H2,1H3,(H,18,19,21). The van der Waals surface area contributed by atoms with Gasteiger partial charge in [-0.2, -0.15) is 18.3 Å². The lowest BCUT2D eigenvalue weighted by Crippen LogP contribution is -2.41. The van der Waals surface area contributed by atoms with Gasteiger partial charge in [-0.3, -0.25) is 9.89 Å². The molecular formula is C14H16F3N5OS. The highest BCUT2D eigenvalue weighted by atomic mass is 32.1. The Morgan fingerprint density at radius 2 is 2.29 bits per heavy atom. The number of aromatic amines is 1. The minimum absolute atomic E-state index is 0.132. The zero-order chi connectivity index (χ0) is 17.3. The van der Waals surface area contributed by atoms with Crippen molar-refractivity contribution in [2.45, 2.75) is 32.4 Å². The number of carbonyl (C=O) groups excluding carboxylic acids is 1. The van der Waals surface area contributed by atoms with Crippen LogP contribution >= 0.6 is 11.3 Å². The Kier molecular flexibility index (Phi) is 4.57. The van der Waals surface area contributed by atoms with E-state index >= 15 is 0 Å². The number of alkyl halides is 3. The minimum Gasteiger partial charge on any atom is -0.338 e. The number of hydrogen-bond donors (Lipinski definition) is 1. The van der Waals surface area contributed by atoms with Gasteiger partial charge in [0.2, 0.25) is 0 Å². The van der Waals surface area contributed by atoms with Gasteiger partial charge in [0.25, 0.3) is 5.91 Å². The maximum Gasteiger partial charge on any atom is 0.389 e. The number of nitrogens with zero attached hydrogens (tertiary/aromatic N) is 4. The second-order valence-electron chi connectivity index (χ2n) is 5.85. The van der Waals surface area contributed by atoms with Crippen molar-refractivity contribution in [2.75, 3.05) is 13.1 Å². The fourth-order valence-electron chi connectivity index (χ4n) is 2.89. The molecule has 0 bridgehead atoms. The highest BCUT2D eigenvalue weighted by Gasteiger charge is 2.35. The lowest BCUT2D eigenvalue weighted by Gasteiger charge is -2.33. The number of halogens is 3. The Labute approximate surface area is 140 Å². The molecule has 0 aliphatic carbocycles. The van der Waals surface area contributed by atoms with Crippen LogP contribution in [0.3, 0.4) is 0 Å². The van der Waals surface area contributed by atoms with Gasteiger partial charge in [0, 0.05) is 19.5 Å². The highest BCUT2D eigenvalue weighted by molar-refractivity contribution is 7.17. The molecule has 2 aromatic rings. The van der Waals surface area contributed by atoms with Gasteiger partial charge in [-0.05, 0) is 25.7 Å². The number of H-pyrrole nitrogens is 1. The SMILES string of the molecule is Cc1nc(-c2ncn[nH]2)sc1C(=O)N1CCCC(CC(F)(F)F)C1. The molecule has 0 saturated carbocycles. The van der Waals surface area contributed by atoms with Crippen LogP contribution in [0.1, 0.15) is 34.6 Å². The molecule has 0 radical (unpaired) electrons. The van der Waals surface area contributed by atoms with Crippen LogP contribution in [0.4, 0.5) is 13.2 Å². The number of carbonyl (C=O) groups is 1. The normalized spacial score (nSPS) is 18.8. The second kappa shape index (κ2) is 6.50. The van der Waals surface area contributed by atoms with Gasteiger partial charge in [-0.1, -0.05) is 0 Å². The van der Waals surface area contributed by atoms with Crippen LogP contribution in [0, 0.1) is 12.8 Å². The van der Waals surface area contributed by atoms with Gasteiger partial charge >= 0.3 is 6.18 Å². The van der Waals surface area contributed by atoms with Gasteiger partial charge in [0.1, 0.15) is 11.2 Å². The molecular weight excluding hydrogens is 343 g/mol. The fourth-order valence-corrected chi connectivity index (χ4v) is 3.87. The van der Waals surface area contributed by atoms with Crippen molar-refractivity contribution >= 4 is 17.2 Å². The van der Waals surface area contributed by atoms with E-state index in [1.54, 1.807) is 6.92 Å². The third-order valence-electron chi connectivity index (χ3n) is 3.93. The molecule has 1 fully saturated rings. The minimum atomic E-state index is -4.20. The van der Waals surface area contributed by atoms with Crippen LogP contribution in [0.5, 0.6) is 0 Å². The Morgan fingerprint density at radius 1 is 1.50 bits per heavy atom. The molecule has 10 heteroatoms. The summed E-state index contributed by atoms with van der Waals surface area (Å²) in [6.45, 7) is 2.32. The van der Waals surface area contributed by atoms with Crippen LogP contribution in [0.2, 0.25) is 0 Å². The number of rotatable bonds is 3. The van der Waals surface area contributed by atoms with Crippen LogP contribution in [-0.2, 0) is 0 Å². The van der Waals surface area contributed by atoms with Crippen molar-refractivity contribution in [1.82, 2.24) is 25.1 Å². The first-order valence-corrected chi connectivity index (χ1v) is 8.34. The number of aryl methyl sites for hydroxylation is 1.